The van der Waals surface area contributed by atoms with Gasteiger partial charge in [-0.15, -0.1) is 0 Å². The minimum Gasteiger partial charge on any atom is -0.404 e. The van der Waals surface area contributed by atoms with Crippen molar-refractivity contribution in [1.82, 2.24) is 35.2 Å². The molecule has 0 unspecified atom stereocenters. The minimum atomic E-state index is -5.60. The molecule has 22 nitrogen and oxygen atoms in total. The summed E-state index contributed by atoms with van der Waals surface area (Å²) in [5, 5.41) is 10.3. The number of pyridine rings is 1. The number of nitrogens with one attached hydrogen (secondary N) is 2. The summed E-state index contributed by atoms with van der Waals surface area (Å²) in [7, 11) is -19.6. The lowest BCUT2D eigenvalue weighted by molar-refractivity contribution is -0.143. The van der Waals surface area contributed by atoms with Crippen LogP contribution in [0.25, 0.3) is 22.0 Å². The quantitative estimate of drug-likeness (QED) is 0.0251. The van der Waals surface area contributed by atoms with Crippen molar-refractivity contribution in [3.8, 4) is 28.7 Å². The lowest BCUT2D eigenvalue weighted by Crippen LogP contribution is -2.40. The molecule has 0 bridgehead atoms. The van der Waals surface area contributed by atoms with Crippen LogP contribution in [0.3, 0.4) is 0 Å². The van der Waals surface area contributed by atoms with E-state index in [1.165, 1.54) is 34.6 Å². The highest BCUT2D eigenvalue weighted by Crippen LogP contribution is 2.68. The summed E-state index contributed by atoms with van der Waals surface area (Å²) in [5.41, 5.74) is -9.46. The van der Waals surface area contributed by atoms with E-state index >= 15 is 17.6 Å². The van der Waals surface area contributed by atoms with Crippen LogP contribution in [0.2, 0.25) is 5.02 Å². The zero-order chi connectivity index (χ0) is 67.4. The average molecular weight is 1380 g/mol. The molecule has 486 valence electrons. The van der Waals surface area contributed by atoms with Crippen LogP contribution in [0.5, 0.6) is 5.75 Å². The highest BCUT2D eigenvalue weighted by atomic mass is 35.5. The van der Waals surface area contributed by atoms with Crippen LogP contribution in [0.1, 0.15) is 108 Å². The number of halogens is 11. The zero-order valence-corrected chi connectivity index (χ0v) is 51.8. The molecular formula is C53H51ClF10N8O14P2S2. The van der Waals surface area contributed by atoms with Gasteiger partial charge in [0.1, 0.15) is 52.9 Å². The van der Waals surface area contributed by atoms with Crippen LogP contribution in [0.4, 0.5) is 49.7 Å². The maximum Gasteiger partial charge on any atom is 0.524 e. The van der Waals surface area contributed by atoms with E-state index < -0.39 is 210 Å². The van der Waals surface area contributed by atoms with Gasteiger partial charge in [-0.2, -0.15) is 49.6 Å². The van der Waals surface area contributed by atoms with Gasteiger partial charge in [0.15, 0.2) is 21.3 Å². The van der Waals surface area contributed by atoms with E-state index in [0.29, 0.717) is 12.3 Å². The molecule has 8 rings (SSSR count). The third-order valence-electron chi connectivity index (χ3n) is 14.6. The van der Waals surface area contributed by atoms with Crippen molar-refractivity contribution in [3.05, 3.63) is 122 Å². The number of carbonyl (C=O) groups is 3. The Morgan fingerprint density at radius 2 is 1.52 bits per heavy atom. The van der Waals surface area contributed by atoms with Crippen molar-refractivity contribution in [2.24, 2.45) is 5.92 Å². The molecule has 3 heterocycles. The first-order valence-electron chi connectivity index (χ1n) is 26.0. The Morgan fingerprint density at radius 1 is 0.900 bits per heavy atom. The number of aryl methyl sites for hydroxylation is 1. The molecule has 6 N–H and O–H groups in total. The number of hydrogen-bond donors (Lipinski definition) is 6. The van der Waals surface area contributed by atoms with Gasteiger partial charge < -0.3 is 24.9 Å². The summed E-state index contributed by atoms with van der Waals surface area (Å²) in [6.45, 7) is 2.56. The number of rotatable bonds is 19. The lowest BCUT2D eigenvalue weighted by atomic mass is 9.78. The number of hydrogen-bond acceptors (Lipinski definition) is 13. The molecule has 3 atom stereocenters. The number of anilines is 1. The van der Waals surface area contributed by atoms with Crippen molar-refractivity contribution in [3.63, 3.8) is 0 Å². The first-order valence-corrected chi connectivity index (χ1v) is 33.5. The third kappa shape index (κ3) is 14.8. The Kier molecular flexibility index (Phi) is 18.1. The van der Waals surface area contributed by atoms with Gasteiger partial charge in [0, 0.05) is 57.9 Å². The van der Waals surface area contributed by atoms with E-state index in [1.54, 1.807) is 0 Å². The van der Waals surface area contributed by atoms with Gasteiger partial charge in [0.25, 0.3) is 11.8 Å². The van der Waals surface area contributed by atoms with E-state index in [-0.39, 0.29) is 42.5 Å². The number of aromatic nitrogens is 5. The molecule has 37 heteroatoms. The van der Waals surface area contributed by atoms with Crippen molar-refractivity contribution in [1.29, 1.82) is 0 Å². The SMILES string of the molecule is Cc1cc(C(=O)NCP(=O)(O)O)cc(OP(=O)(O)O)c1C(C)(C)CC(=O)N(c1nn(CC(F)(F)F)c2c(-c3ccc(C#CC(C)(C)S(C)(=O)=O)nc3[C@H](Cc3cc(F)cc(F)c3)NC(=O)Cn3nc(C(F)(F)F)c4c3C(F)(F)[C@@H]3C[C@H]43)ccc(Cl)c12)S(C)(=O)=O. The third-order valence-corrected chi connectivity index (χ3v) is 18.9. The lowest BCUT2D eigenvalue weighted by Gasteiger charge is -2.31. The van der Waals surface area contributed by atoms with Gasteiger partial charge in [0.2, 0.25) is 21.8 Å². The summed E-state index contributed by atoms with van der Waals surface area (Å²) in [5.74, 6) is -10.1. The number of phosphoric ester groups is 1. The van der Waals surface area contributed by atoms with Crippen molar-refractivity contribution >= 4 is 81.3 Å². The number of nitrogens with zero attached hydrogens (tertiary/aromatic N) is 6. The van der Waals surface area contributed by atoms with Gasteiger partial charge in [-0.1, -0.05) is 37.4 Å². The summed E-state index contributed by atoms with van der Waals surface area (Å²) in [6, 6.07) is 5.99. The number of sulfone groups is 1. The molecule has 3 amide bonds. The van der Waals surface area contributed by atoms with E-state index in [0.717, 1.165) is 54.8 Å². The van der Waals surface area contributed by atoms with E-state index in [1.807, 2.05) is 5.32 Å². The predicted octanol–water partition coefficient (Wildman–Crippen LogP) is 8.60. The summed E-state index contributed by atoms with van der Waals surface area (Å²) in [6.07, 6.45) is -12.7. The van der Waals surface area contributed by atoms with Gasteiger partial charge in [-0.3, -0.25) is 38.1 Å². The molecule has 1 fully saturated rings. The molecule has 0 radical (unpaired) electrons. The highest BCUT2D eigenvalue weighted by Gasteiger charge is 2.68. The molecule has 1 saturated carbocycles. The first-order chi connectivity index (χ1) is 41.0. The van der Waals surface area contributed by atoms with E-state index in [4.69, 9.17) is 16.1 Å². The van der Waals surface area contributed by atoms with Gasteiger partial charge in [-0.25, -0.2) is 35.2 Å². The Labute approximate surface area is 509 Å². The molecular weight excluding hydrogens is 1320 g/mol. The van der Waals surface area contributed by atoms with Crippen LogP contribution in [-0.2, 0) is 75.6 Å². The molecule has 0 spiro atoms. The number of benzene rings is 3. The van der Waals surface area contributed by atoms with Gasteiger partial charge in [0.05, 0.1) is 33.9 Å². The number of fused-ring (bicyclic) bond motifs is 4. The van der Waals surface area contributed by atoms with Crippen LogP contribution >= 0.6 is 27.0 Å². The van der Waals surface area contributed by atoms with Crippen molar-refractivity contribution in [2.45, 2.75) is 107 Å². The smallest absolute Gasteiger partial charge is 0.404 e. The van der Waals surface area contributed by atoms with Crippen LogP contribution in [0, 0.1) is 36.3 Å². The van der Waals surface area contributed by atoms with Crippen LogP contribution in [-0.4, -0.2) is 108 Å². The predicted molar refractivity (Wildman–Crippen MR) is 301 cm³/mol. The summed E-state index contributed by atoms with van der Waals surface area (Å²) >= 11 is 6.78. The second-order valence-electron chi connectivity index (χ2n) is 22.6. The molecule has 90 heavy (non-hydrogen) atoms. The fraction of sp³-hybridized carbons (Fsp3) is 0.396. The summed E-state index contributed by atoms with van der Waals surface area (Å²) < 4.78 is 230. The molecule has 2 aliphatic rings. The average Bonchev–Trinajstić information content (AvgIpc) is 1.52. The Bertz CT molecular complexity index is 4370. The van der Waals surface area contributed by atoms with Crippen LogP contribution < -0.4 is 19.5 Å². The number of carbonyl (C=O) groups excluding carboxylic acids is 3. The van der Waals surface area contributed by atoms with Gasteiger partial charge >= 0.3 is 27.8 Å². The molecule has 6 aromatic rings. The van der Waals surface area contributed by atoms with Crippen LogP contribution in [0.15, 0.2) is 54.6 Å². The number of phosphoric acid groups is 1. The Morgan fingerprint density at radius 3 is 2.09 bits per heavy atom. The monoisotopic (exact) mass is 1370 g/mol. The standard InChI is InChI=1S/C53H51ClF10N8O14P2S2/c1-25-14-27(48(75)65-24-87(76,77)78)18-37(86-88(79,80)81)42(25)49(2,3)21-39(74)72(90(7,84)85)47-41-35(54)11-10-32(44(41)71(69-47)23-51(57,58)59)31-9-8-30(12-13-50(4,5)89(6,82)83)66-43(31)36(17-26-15-28(55)19-29(56)16-26)67-38(73)22-70-46-40(45(68-70)53(62,63)64)33-20-34(33)52(46,60)61/h8-11,14-16,18-19,33-34,36H,17,20-24H2,1-7H3,(H,65,75)(H,67,73)(H2,76,77,78)(H2,79,80,81)/t33-,34+,36-/m0/s1. The Hall–Kier alpha value is -6.95. The maximum atomic E-state index is 15.8. The van der Waals surface area contributed by atoms with Gasteiger partial charge in [-0.05, 0) is 99.0 Å². The molecule has 3 aromatic heterocycles. The summed E-state index contributed by atoms with van der Waals surface area (Å²) in [4.78, 5) is 85.2. The van der Waals surface area contributed by atoms with Crippen molar-refractivity contribution < 1.29 is 108 Å². The minimum absolute atomic E-state index is 0.0471. The second kappa shape index (κ2) is 23.6. The Balaban J connectivity index is 1.33. The molecule has 0 aliphatic heterocycles. The topological polar surface area (TPSA) is 320 Å². The maximum absolute atomic E-state index is 15.8. The van der Waals surface area contributed by atoms with Crippen molar-refractivity contribution in [2.75, 3.05) is 23.1 Å². The van der Waals surface area contributed by atoms with E-state index in [9.17, 15) is 86.3 Å². The highest BCUT2D eigenvalue weighted by molar-refractivity contribution is 7.93. The fourth-order valence-corrected chi connectivity index (χ4v) is 12.7. The zero-order valence-electron chi connectivity index (χ0n) is 47.6. The second-order valence-corrected chi connectivity index (χ2v) is 30.2. The number of amides is 3. The number of alkyl halides is 8. The van der Waals surface area contributed by atoms with E-state index in [2.05, 4.69) is 32.3 Å². The molecule has 2 aliphatic carbocycles. The molecule has 0 saturated heterocycles. The normalized spacial score (nSPS) is 16.4. The molecule has 3 aromatic carbocycles. The largest absolute Gasteiger partial charge is 0.524 e. The first kappa shape index (κ1) is 68.9. The fourth-order valence-electron chi connectivity index (χ4n) is 10.6. The number of sulfonamides is 1.